The molecule has 1 saturated carbocycles. The Kier molecular flexibility index (Phi) is 3.13. The average Bonchev–Trinajstić information content (AvgIpc) is 3.14. The number of benzene rings is 1. The molecular formula is C15H16ClNO. The molecule has 1 N–H and O–H groups in total. The molecule has 1 aromatic carbocycles. The van der Waals surface area contributed by atoms with Crippen LogP contribution in [0.4, 0.5) is 0 Å². The highest BCUT2D eigenvalue weighted by Gasteiger charge is 2.23. The van der Waals surface area contributed by atoms with Crippen molar-refractivity contribution in [1.29, 1.82) is 0 Å². The molecule has 0 bridgehead atoms. The van der Waals surface area contributed by atoms with Gasteiger partial charge in [0.25, 0.3) is 0 Å². The van der Waals surface area contributed by atoms with E-state index in [-0.39, 0.29) is 5.91 Å². The topological polar surface area (TPSA) is 29.1 Å². The number of nitrogens with one attached hydrogen (secondary N) is 1. The molecule has 1 aromatic rings. The fraction of sp³-hybridized carbons (Fsp3) is 0.400. The van der Waals surface area contributed by atoms with Crippen molar-refractivity contribution in [2.24, 2.45) is 0 Å². The van der Waals surface area contributed by atoms with Gasteiger partial charge in [-0.25, -0.2) is 0 Å². The van der Waals surface area contributed by atoms with E-state index in [0.29, 0.717) is 6.04 Å². The third-order valence-electron chi connectivity index (χ3n) is 3.54. The highest BCUT2D eigenvalue weighted by molar-refractivity contribution is 6.30. The molecule has 0 unspecified atom stereocenters. The van der Waals surface area contributed by atoms with E-state index in [1.807, 2.05) is 12.1 Å². The Balaban J connectivity index is 1.87. The minimum atomic E-state index is 0.0420. The first-order valence-electron chi connectivity index (χ1n) is 6.52. The molecule has 0 radical (unpaired) electrons. The zero-order chi connectivity index (χ0) is 12.5. The number of carbonyl (C=O) groups excluding carboxylic acids is 1. The van der Waals surface area contributed by atoms with E-state index >= 15 is 0 Å². The van der Waals surface area contributed by atoms with Crippen LogP contribution in [-0.2, 0) is 11.2 Å². The lowest BCUT2D eigenvalue weighted by atomic mass is 9.87. The fourth-order valence-corrected chi connectivity index (χ4v) is 2.62. The van der Waals surface area contributed by atoms with Crippen LogP contribution in [0.25, 0.3) is 5.57 Å². The van der Waals surface area contributed by atoms with Gasteiger partial charge in [0.1, 0.15) is 0 Å². The van der Waals surface area contributed by atoms with Gasteiger partial charge in [-0.05, 0) is 60.9 Å². The number of rotatable bonds is 2. The van der Waals surface area contributed by atoms with Crippen molar-refractivity contribution in [1.82, 2.24) is 5.32 Å². The first-order valence-corrected chi connectivity index (χ1v) is 6.90. The van der Waals surface area contributed by atoms with Crippen molar-refractivity contribution < 1.29 is 4.79 Å². The molecule has 0 spiro atoms. The van der Waals surface area contributed by atoms with Gasteiger partial charge in [-0.2, -0.15) is 0 Å². The van der Waals surface area contributed by atoms with Crippen LogP contribution in [0.2, 0.25) is 5.02 Å². The second kappa shape index (κ2) is 4.77. The molecule has 0 heterocycles. The number of hydrogen-bond acceptors (Lipinski definition) is 1. The zero-order valence-electron chi connectivity index (χ0n) is 10.2. The van der Waals surface area contributed by atoms with E-state index in [0.717, 1.165) is 48.3 Å². The molecule has 1 fully saturated rings. The van der Waals surface area contributed by atoms with Crippen molar-refractivity contribution >= 4 is 23.1 Å². The Morgan fingerprint density at radius 3 is 2.94 bits per heavy atom. The molecular weight excluding hydrogens is 246 g/mol. The van der Waals surface area contributed by atoms with Gasteiger partial charge < -0.3 is 5.32 Å². The van der Waals surface area contributed by atoms with Gasteiger partial charge in [0, 0.05) is 17.1 Å². The van der Waals surface area contributed by atoms with Crippen molar-refractivity contribution in [2.45, 2.75) is 38.1 Å². The minimum absolute atomic E-state index is 0.0420. The summed E-state index contributed by atoms with van der Waals surface area (Å²) in [5.74, 6) is 0.0420. The molecule has 18 heavy (non-hydrogen) atoms. The lowest BCUT2D eigenvalue weighted by Gasteiger charge is -2.19. The number of carbonyl (C=O) groups is 1. The third kappa shape index (κ3) is 2.59. The van der Waals surface area contributed by atoms with E-state index in [2.05, 4.69) is 11.4 Å². The quantitative estimate of drug-likeness (QED) is 0.813. The fourth-order valence-electron chi connectivity index (χ4n) is 2.45. The van der Waals surface area contributed by atoms with Gasteiger partial charge in [0.15, 0.2) is 0 Å². The molecule has 2 aliphatic carbocycles. The standard InChI is InChI=1S/C15H16ClNO/c16-12-5-4-10-2-1-3-11(14(10)9-12)8-15(18)17-13-6-7-13/h4-5,8-9,13H,1-3,6-7H2,(H,17,18)/b11-8-. The average molecular weight is 262 g/mol. The molecule has 1 amide bonds. The zero-order valence-corrected chi connectivity index (χ0v) is 11.0. The maximum atomic E-state index is 11.8. The Hall–Kier alpha value is -1.28. The highest BCUT2D eigenvalue weighted by atomic mass is 35.5. The molecule has 3 heteroatoms. The van der Waals surface area contributed by atoms with E-state index in [4.69, 9.17) is 11.6 Å². The minimum Gasteiger partial charge on any atom is -0.350 e. The number of amides is 1. The molecule has 0 aromatic heterocycles. The van der Waals surface area contributed by atoms with Crippen LogP contribution in [0.15, 0.2) is 24.3 Å². The smallest absolute Gasteiger partial charge is 0.244 e. The number of halogens is 1. The number of allylic oxidation sites excluding steroid dienone is 1. The predicted molar refractivity (Wildman–Crippen MR) is 73.5 cm³/mol. The van der Waals surface area contributed by atoms with Crippen molar-refractivity contribution in [3.8, 4) is 0 Å². The van der Waals surface area contributed by atoms with Gasteiger partial charge in [-0.3, -0.25) is 4.79 Å². The Labute approximate surface area is 112 Å². The Morgan fingerprint density at radius 2 is 2.17 bits per heavy atom. The second-order valence-electron chi connectivity index (χ2n) is 5.11. The largest absolute Gasteiger partial charge is 0.350 e. The normalized spacial score (nSPS) is 20.6. The number of hydrogen-bond donors (Lipinski definition) is 1. The summed E-state index contributed by atoms with van der Waals surface area (Å²) in [7, 11) is 0. The summed E-state index contributed by atoms with van der Waals surface area (Å²) >= 11 is 6.05. The van der Waals surface area contributed by atoms with Crippen molar-refractivity contribution in [3.05, 3.63) is 40.4 Å². The summed E-state index contributed by atoms with van der Waals surface area (Å²) in [6.45, 7) is 0. The van der Waals surface area contributed by atoms with Crippen LogP contribution in [0, 0.1) is 0 Å². The van der Waals surface area contributed by atoms with Crippen LogP contribution in [-0.4, -0.2) is 11.9 Å². The van der Waals surface area contributed by atoms with Crippen molar-refractivity contribution in [3.63, 3.8) is 0 Å². The summed E-state index contributed by atoms with van der Waals surface area (Å²) < 4.78 is 0. The molecule has 0 saturated heterocycles. The number of aryl methyl sites for hydroxylation is 1. The summed E-state index contributed by atoms with van der Waals surface area (Å²) in [4.78, 5) is 11.8. The van der Waals surface area contributed by atoms with Gasteiger partial charge >= 0.3 is 0 Å². The molecule has 2 aliphatic rings. The highest BCUT2D eigenvalue weighted by Crippen LogP contribution is 2.32. The van der Waals surface area contributed by atoms with Gasteiger partial charge in [-0.1, -0.05) is 17.7 Å². The van der Waals surface area contributed by atoms with Gasteiger partial charge in [-0.15, -0.1) is 0 Å². The summed E-state index contributed by atoms with van der Waals surface area (Å²) in [6, 6.07) is 6.39. The van der Waals surface area contributed by atoms with Gasteiger partial charge in [0.2, 0.25) is 5.91 Å². The second-order valence-corrected chi connectivity index (χ2v) is 5.54. The van der Waals surface area contributed by atoms with Crippen LogP contribution in [0.1, 0.15) is 36.8 Å². The van der Waals surface area contributed by atoms with E-state index in [9.17, 15) is 4.79 Å². The molecule has 94 valence electrons. The Bertz CT molecular complexity index is 517. The van der Waals surface area contributed by atoms with Crippen molar-refractivity contribution in [2.75, 3.05) is 0 Å². The summed E-state index contributed by atoms with van der Waals surface area (Å²) in [5, 5.41) is 3.74. The first kappa shape index (κ1) is 11.8. The maximum Gasteiger partial charge on any atom is 0.244 e. The molecule has 2 nitrogen and oxygen atoms in total. The van der Waals surface area contributed by atoms with Gasteiger partial charge in [0.05, 0.1) is 0 Å². The van der Waals surface area contributed by atoms with E-state index < -0.39 is 0 Å². The van der Waals surface area contributed by atoms with Crippen LogP contribution < -0.4 is 5.32 Å². The maximum absolute atomic E-state index is 11.8. The molecule has 0 atom stereocenters. The summed E-state index contributed by atoms with van der Waals surface area (Å²) in [6.07, 6.45) is 7.15. The predicted octanol–water partition coefficient (Wildman–Crippen LogP) is 3.34. The third-order valence-corrected chi connectivity index (χ3v) is 3.77. The lowest BCUT2D eigenvalue weighted by molar-refractivity contribution is -0.116. The van der Waals surface area contributed by atoms with Crippen LogP contribution >= 0.6 is 11.6 Å². The number of fused-ring (bicyclic) bond motifs is 1. The first-order chi connectivity index (χ1) is 8.72. The van der Waals surface area contributed by atoms with Crippen LogP contribution in [0.3, 0.4) is 0 Å². The molecule has 0 aliphatic heterocycles. The lowest BCUT2D eigenvalue weighted by Crippen LogP contribution is -2.23. The SMILES string of the molecule is O=C(/C=C1/CCCc2ccc(Cl)cc21)NC1CC1. The van der Waals surface area contributed by atoms with E-state index in [1.165, 1.54) is 5.56 Å². The van der Waals surface area contributed by atoms with Crippen LogP contribution in [0.5, 0.6) is 0 Å². The Morgan fingerprint density at radius 1 is 1.33 bits per heavy atom. The van der Waals surface area contributed by atoms with E-state index in [1.54, 1.807) is 6.08 Å². The molecule has 3 rings (SSSR count). The summed E-state index contributed by atoms with van der Waals surface area (Å²) in [5.41, 5.74) is 3.58. The monoisotopic (exact) mass is 261 g/mol.